The molecule has 4 amide bonds. The first-order valence-corrected chi connectivity index (χ1v) is 6.44. The monoisotopic (exact) mass is 287 g/mol. The van der Waals surface area contributed by atoms with Crippen molar-refractivity contribution < 1.29 is 19.5 Å². The van der Waals surface area contributed by atoms with Gasteiger partial charge in [-0.15, -0.1) is 0 Å². The van der Waals surface area contributed by atoms with Crippen LogP contribution in [0.5, 0.6) is 0 Å². The molecule has 0 bridgehead atoms. The summed E-state index contributed by atoms with van der Waals surface area (Å²) < 4.78 is 0. The summed E-state index contributed by atoms with van der Waals surface area (Å²) in [5, 5.41) is 13.9. The van der Waals surface area contributed by atoms with Crippen molar-refractivity contribution in [2.24, 2.45) is 5.73 Å². The van der Waals surface area contributed by atoms with Gasteiger partial charge in [0.05, 0.1) is 0 Å². The number of piperazine rings is 1. The molecule has 20 heavy (non-hydrogen) atoms. The fourth-order valence-corrected chi connectivity index (χ4v) is 1.94. The largest absolute Gasteiger partial charge is 0.480 e. The number of carbonyl (C=O) groups is 3. The molecule has 0 spiro atoms. The Bertz CT molecular complexity index is 368. The SMILES string of the molecule is CC(C(=O)O)N1CCN(C(=O)NCCNC(N)=O)CC1. The Labute approximate surface area is 117 Å². The lowest BCUT2D eigenvalue weighted by molar-refractivity contribution is -0.143. The Morgan fingerprint density at radius 2 is 1.70 bits per heavy atom. The number of hydrogen-bond acceptors (Lipinski definition) is 4. The molecule has 114 valence electrons. The Kier molecular flexibility index (Phi) is 6.04. The number of rotatable bonds is 5. The molecule has 0 saturated carbocycles. The van der Waals surface area contributed by atoms with E-state index in [0.29, 0.717) is 32.7 Å². The molecule has 5 N–H and O–H groups in total. The summed E-state index contributed by atoms with van der Waals surface area (Å²) in [6.45, 7) is 4.22. The number of carboxylic acid groups (broad SMARTS) is 1. The van der Waals surface area contributed by atoms with E-state index in [-0.39, 0.29) is 12.6 Å². The number of nitrogens with zero attached hydrogens (tertiary/aromatic N) is 2. The number of aliphatic carboxylic acids is 1. The third-order valence-electron chi connectivity index (χ3n) is 3.21. The second-order valence-corrected chi connectivity index (χ2v) is 4.56. The zero-order valence-electron chi connectivity index (χ0n) is 11.5. The van der Waals surface area contributed by atoms with E-state index in [4.69, 9.17) is 10.8 Å². The molecule has 1 rings (SSSR count). The highest BCUT2D eigenvalue weighted by Crippen LogP contribution is 2.06. The van der Waals surface area contributed by atoms with Gasteiger partial charge in [0.15, 0.2) is 0 Å². The lowest BCUT2D eigenvalue weighted by atomic mass is 10.2. The molecule has 0 aromatic rings. The topological polar surface area (TPSA) is 128 Å². The van der Waals surface area contributed by atoms with Gasteiger partial charge >= 0.3 is 18.0 Å². The van der Waals surface area contributed by atoms with Crippen LogP contribution in [0.2, 0.25) is 0 Å². The van der Waals surface area contributed by atoms with Crippen molar-refractivity contribution in [1.29, 1.82) is 0 Å². The smallest absolute Gasteiger partial charge is 0.320 e. The van der Waals surface area contributed by atoms with Gasteiger partial charge in [-0.1, -0.05) is 0 Å². The fourth-order valence-electron chi connectivity index (χ4n) is 1.94. The van der Waals surface area contributed by atoms with Crippen molar-refractivity contribution in [3.8, 4) is 0 Å². The maximum Gasteiger partial charge on any atom is 0.320 e. The summed E-state index contributed by atoms with van der Waals surface area (Å²) in [6.07, 6.45) is 0. The summed E-state index contributed by atoms with van der Waals surface area (Å²) in [5.74, 6) is -0.861. The first kappa shape index (κ1) is 16.0. The van der Waals surface area contributed by atoms with Gasteiger partial charge in [0.2, 0.25) is 0 Å². The molecule has 1 unspecified atom stereocenters. The van der Waals surface area contributed by atoms with Crippen LogP contribution >= 0.6 is 0 Å². The van der Waals surface area contributed by atoms with Crippen LogP contribution in [0.4, 0.5) is 9.59 Å². The lowest BCUT2D eigenvalue weighted by Crippen LogP contribution is -2.55. The minimum atomic E-state index is -0.861. The van der Waals surface area contributed by atoms with Crippen LogP contribution in [0.1, 0.15) is 6.92 Å². The van der Waals surface area contributed by atoms with Crippen LogP contribution < -0.4 is 16.4 Å². The molecule has 0 aliphatic carbocycles. The summed E-state index contributed by atoms with van der Waals surface area (Å²) >= 11 is 0. The van der Waals surface area contributed by atoms with Gasteiger partial charge in [0.25, 0.3) is 0 Å². The predicted octanol–water partition coefficient (Wildman–Crippen LogP) is -1.54. The van der Waals surface area contributed by atoms with E-state index in [1.165, 1.54) is 0 Å². The summed E-state index contributed by atoms with van der Waals surface area (Å²) in [5.41, 5.74) is 4.89. The minimum absolute atomic E-state index is 0.223. The van der Waals surface area contributed by atoms with Gasteiger partial charge in [-0.25, -0.2) is 9.59 Å². The molecule has 0 radical (unpaired) electrons. The zero-order valence-corrected chi connectivity index (χ0v) is 11.5. The van der Waals surface area contributed by atoms with Crippen molar-refractivity contribution in [2.75, 3.05) is 39.3 Å². The van der Waals surface area contributed by atoms with Gasteiger partial charge in [-0.2, -0.15) is 0 Å². The number of nitrogens with two attached hydrogens (primary N) is 1. The quantitative estimate of drug-likeness (QED) is 0.455. The van der Waals surface area contributed by atoms with E-state index in [1.54, 1.807) is 11.8 Å². The van der Waals surface area contributed by atoms with Crippen LogP contribution in [-0.4, -0.2) is 78.2 Å². The van der Waals surface area contributed by atoms with Crippen molar-refractivity contribution in [2.45, 2.75) is 13.0 Å². The maximum absolute atomic E-state index is 11.8. The molecule has 9 nitrogen and oxygen atoms in total. The average molecular weight is 287 g/mol. The molecule has 1 heterocycles. The highest BCUT2D eigenvalue weighted by atomic mass is 16.4. The van der Waals surface area contributed by atoms with Gasteiger partial charge < -0.3 is 26.4 Å². The normalized spacial score (nSPS) is 17.4. The third kappa shape index (κ3) is 4.92. The number of carbonyl (C=O) groups excluding carboxylic acids is 2. The molecular formula is C11H21N5O4. The number of nitrogens with one attached hydrogen (secondary N) is 2. The summed E-state index contributed by atoms with van der Waals surface area (Å²) in [7, 11) is 0. The Morgan fingerprint density at radius 1 is 1.15 bits per heavy atom. The van der Waals surface area contributed by atoms with Crippen LogP contribution in [-0.2, 0) is 4.79 Å². The van der Waals surface area contributed by atoms with Crippen molar-refractivity contribution in [1.82, 2.24) is 20.4 Å². The Balaban J connectivity index is 2.25. The van der Waals surface area contributed by atoms with Crippen LogP contribution in [0.25, 0.3) is 0 Å². The number of carboxylic acids is 1. The third-order valence-corrected chi connectivity index (χ3v) is 3.21. The van der Waals surface area contributed by atoms with Gasteiger partial charge in [0, 0.05) is 39.3 Å². The maximum atomic E-state index is 11.8. The first-order chi connectivity index (χ1) is 9.41. The molecule has 0 aromatic heterocycles. The highest BCUT2D eigenvalue weighted by Gasteiger charge is 2.26. The number of hydrogen-bond donors (Lipinski definition) is 4. The molecule has 1 aliphatic rings. The van der Waals surface area contributed by atoms with Crippen molar-refractivity contribution >= 4 is 18.0 Å². The molecule has 1 fully saturated rings. The van der Waals surface area contributed by atoms with Gasteiger partial charge in [0.1, 0.15) is 6.04 Å². The molecule has 0 aromatic carbocycles. The summed E-state index contributed by atoms with van der Waals surface area (Å²) in [4.78, 5) is 36.5. The number of amides is 4. The number of primary amides is 1. The standard InChI is InChI=1S/C11H21N5O4/c1-8(9(17)18)15-4-6-16(7-5-15)11(20)14-3-2-13-10(12)19/h8H,2-7H2,1H3,(H,14,20)(H,17,18)(H3,12,13,19). The number of urea groups is 2. The lowest BCUT2D eigenvalue weighted by Gasteiger charge is -2.36. The minimum Gasteiger partial charge on any atom is -0.480 e. The van der Waals surface area contributed by atoms with Crippen LogP contribution in [0.15, 0.2) is 0 Å². The second-order valence-electron chi connectivity index (χ2n) is 4.56. The fraction of sp³-hybridized carbons (Fsp3) is 0.727. The molecule has 1 aliphatic heterocycles. The highest BCUT2D eigenvalue weighted by molar-refractivity contribution is 5.75. The molecule has 9 heteroatoms. The van der Waals surface area contributed by atoms with Gasteiger partial charge in [-0.3, -0.25) is 9.69 Å². The molecule has 1 atom stereocenters. The molecule has 1 saturated heterocycles. The van der Waals surface area contributed by atoms with E-state index in [0.717, 1.165) is 0 Å². The van der Waals surface area contributed by atoms with Crippen LogP contribution in [0.3, 0.4) is 0 Å². The predicted molar refractivity (Wildman–Crippen MR) is 71.2 cm³/mol. The first-order valence-electron chi connectivity index (χ1n) is 6.44. The molecular weight excluding hydrogens is 266 g/mol. The van der Waals surface area contributed by atoms with E-state index in [2.05, 4.69) is 10.6 Å². The van der Waals surface area contributed by atoms with Crippen molar-refractivity contribution in [3.05, 3.63) is 0 Å². The van der Waals surface area contributed by atoms with E-state index in [9.17, 15) is 14.4 Å². The van der Waals surface area contributed by atoms with Crippen molar-refractivity contribution in [3.63, 3.8) is 0 Å². The van der Waals surface area contributed by atoms with Crippen LogP contribution in [0, 0.1) is 0 Å². The van der Waals surface area contributed by atoms with E-state index >= 15 is 0 Å². The summed E-state index contributed by atoms with van der Waals surface area (Å²) in [6, 6.07) is -1.39. The Hall–Kier alpha value is -2.03. The second kappa shape index (κ2) is 7.53. The average Bonchev–Trinajstić information content (AvgIpc) is 2.42. The Morgan fingerprint density at radius 3 is 2.20 bits per heavy atom. The zero-order chi connectivity index (χ0) is 15.1. The van der Waals surface area contributed by atoms with Gasteiger partial charge in [-0.05, 0) is 6.92 Å². The van der Waals surface area contributed by atoms with E-state index < -0.39 is 18.0 Å². The van der Waals surface area contributed by atoms with E-state index in [1.807, 2.05) is 4.90 Å².